The van der Waals surface area contributed by atoms with Gasteiger partial charge in [-0.25, -0.2) is 0 Å². The van der Waals surface area contributed by atoms with Crippen molar-refractivity contribution < 1.29 is 9.90 Å². The fourth-order valence-electron chi connectivity index (χ4n) is 1.30. The molecular weight excluding hydrogens is 249 g/mol. The van der Waals surface area contributed by atoms with Gasteiger partial charge in [0, 0.05) is 36.5 Å². The highest BCUT2D eigenvalue weighted by Gasteiger charge is 2.11. The molecule has 0 radical (unpaired) electrons. The highest BCUT2D eigenvalue weighted by atomic mass is 35.5. The van der Waals surface area contributed by atoms with Gasteiger partial charge in [-0.2, -0.15) is 0 Å². The van der Waals surface area contributed by atoms with Crippen molar-refractivity contribution in [2.24, 2.45) is 0 Å². The molecule has 0 aromatic heterocycles. The molecule has 88 valence electrons. The topological polar surface area (TPSA) is 40.5 Å². The van der Waals surface area contributed by atoms with Crippen molar-refractivity contribution in [3.8, 4) is 5.75 Å². The van der Waals surface area contributed by atoms with Crippen molar-refractivity contribution in [1.82, 2.24) is 4.90 Å². The second-order valence-electron chi connectivity index (χ2n) is 3.46. The van der Waals surface area contributed by atoms with Crippen molar-refractivity contribution in [2.45, 2.75) is 13.0 Å². The molecule has 0 aliphatic rings. The molecule has 0 bridgehead atoms. The maximum Gasteiger partial charge on any atom is 0.223 e. The molecular formula is C11H13Cl2NO2. The minimum absolute atomic E-state index is 0.0608. The molecule has 0 heterocycles. The van der Waals surface area contributed by atoms with Gasteiger partial charge >= 0.3 is 0 Å². The molecule has 0 unspecified atom stereocenters. The zero-order valence-electron chi connectivity index (χ0n) is 8.91. The Bertz CT molecular complexity index is 382. The van der Waals surface area contributed by atoms with Crippen LogP contribution in [0.4, 0.5) is 0 Å². The van der Waals surface area contributed by atoms with Gasteiger partial charge in [0.05, 0.1) is 0 Å². The summed E-state index contributed by atoms with van der Waals surface area (Å²) in [6.45, 7) is 0.322. The number of amides is 1. The first-order valence-corrected chi connectivity index (χ1v) is 5.73. The standard InChI is InChI=1S/C11H13Cl2NO2/c1-14(11(16)4-5-12)7-8-6-9(13)2-3-10(8)15/h2-3,6,15H,4-5,7H2,1H3. The zero-order valence-corrected chi connectivity index (χ0v) is 10.4. The maximum atomic E-state index is 11.5. The first kappa shape index (κ1) is 13.1. The number of benzene rings is 1. The van der Waals surface area contributed by atoms with Gasteiger partial charge in [-0.05, 0) is 18.2 Å². The van der Waals surface area contributed by atoms with E-state index in [0.29, 0.717) is 29.4 Å². The van der Waals surface area contributed by atoms with Crippen LogP contribution in [0.1, 0.15) is 12.0 Å². The number of halogens is 2. The average Bonchev–Trinajstić information content (AvgIpc) is 2.23. The van der Waals surface area contributed by atoms with Crippen molar-refractivity contribution in [3.63, 3.8) is 0 Å². The molecule has 1 aromatic rings. The first-order chi connectivity index (χ1) is 7.54. The summed E-state index contributed by atoms with van der Waals surface area (Å²) in [7, 11) is 1.66. The van der Waals surface area contributed by atoms with Gasteiger partial charge in [-0.3, -0.25) is 4.79 Å². The average molecular weight is 262 g/mol. The normalized spacial score (nSPS) is 10.2. The highest BCUT2D eigenvalue weighted by Crippen LogP contribution is 2.22. The fourth-order valence-corrected chi connectivity index (χ4v) is 1.65. The van der Waals surface area contributed by atoms with Crippen LogP contribution >= 0.6 is 23.2 Å². The van der Waals surface area contributed by atoms with Gasteiger partial charge in [-0.15, -0.1) is 11.6 Å². The quantitative estimate of drug-likeness (QED) is 0.847. The summed E-state index contributed by atoms with van der Waals surface area (Å²) in [6, 6.07) is 4.75. The molecule has 0 spiro atoms. The molecule has 0 aliphatic carbocycles. The van der Waals surface area contributed by atoms with E-state index in [-0.39, 0.29) is 11.7 Å². The predicted octanol–water partition coefficient (Wildman–Crippen LogP) is 2.63. The van der Waals surface area contributed by atoms with Crippen LogP contribution in [0.25, 0.3) is 0 Å². The lowest BCUT2D eigenvalue weighted by Gasteiger charge is -2.17. The van der Waals surface area contributed by atoms with E-state index in [4.69, 9.17) is 23.2 Å². The van der Waals surface area contributed by atoms with Crippen LogP contribution < -0.4 is 0 Å². The van der Waals surface area contributed by atoms with E-state index >= 15 is 0 Å². The SMILES string of the molecule is CN(Cc1cc(Cl)ccc1O)C(=O)CCCl. The monoisotopic (exact) mass is 261 g/mol. The number of hydrogen-bond donors (Lipinski definition) is 1. The number of carbonyl (C=O) groups is 1. The molecule has 0 atom stereocenters. The van der Waals surface area contributed by atoms with Crippen LogP contribution in [0.5, 0.6) is 5.75 Å². The van der Waals surface area contributed by atoms with Crippen LogP contribution in [0.2, 0.25) is 5.02 Å². The summed E-state index contributed by atoms with van der Waals surface area (Å²) in [6.07, 6.45) is 0.291. The van der Waals surface area contributed by atoms with Crippen molar-refractivity contribution in [3.05, 3.63) is 28.8 Å². The molecule has 0 saturated carbocycles. The van der Waals surface area contributed by atoms with Gasteiger partial charge in [-0.1, -0.05) is 11.6 Å². The van der Waals surface area contributed by atoms with Crippen LogP contribution in [-0.4, -0.2) is 28.8 Å². The number of phenols is 1. The summed E-state index contributed by atoms with van der Waals surface area (Å²) < 4.78 is 0. The molecule has 1 N–H and O–H groups in total. The lowest BCUT2D eigenvalue weighted by Crippen LogP contribution is -2.26. The van der Waals surface area contributed by atoms with E-state index in [1.54, 1.807) is 19.2 Å². The van der Waals surface area contributed by atoms with Gasteiger partial charge in [0.25, 0.3) is 0 Å². The minimum atomic E-state index is -0.0608. The van der Waals surface area contributed by atoms with Crippen molar-refractivity contribution in [1.29, 1.82) is 0 Å². The summed E-state index contributed by atoms with van der Waals surface area (Å²) in [5, 5.41) is 10.1. The zero-order chi connectivity index (χ0) is 12.1. The summed E-state index contributed by atoms with van der Waals surface area (Å²) in [5.41, 5.74) is 0.623. The summed E-state index contributed by atoms with van der Waals surface area (Å²) >= 11 is 11.3. The predicted molar refractivity (Wildman–Crippen MR) is 64.9 cm³/mol. The molecule has 16 heavy (non-hydrogen) atoms. The Hall–Kier alpha value is -0.930. The van der Waals surface area contributed by atoms with Crippen LogP contribution in [0.3, 0.4) is 0 Å². The van der Waals surface area contributed by atoms with Gasteiger partial charge in [0.15, 0.2) is 0 Å². The molecule has 3 nitrogen and oxygen atoms in total. The maximum absolute atomic E-state index is 11.5. The van der Waals surface area contributed by atoms with E-state index in [2.05, 4.69) is 0 Å². The summed E-state index contributed by atoms with van der Waals surface area (Å²) in [4.78, 5) is 13.0. The Balaban J connectivity index is 2.72. The lowest BCUT2D eigenvalue weighted by molar-refractivity contribution is -0.129. The van der Waals surface area contributed by atoms with Gasteiger partial charge in [0.1, 0.15) is 5.75 Å². The third kappa shape index (κ3) is 3.58. The van der Waals surface area contributed by atoms with Crippen molar-refractivity contribution >= 4 is 29.1 Å². The Morgan fingerprint density at radius 2 is 2.19 bits per heavy atom. The molecule has 1 amide bonds. The van der Waals surface area contributed by atoms with Crippen molar-refractivity contribution in [2.75, 3.05) is 12.9 Å². The molecule has 0 saturated heterocycles. The number of nitrogens with zero attached hydrogens (tertiary/aromatic N) is 1. The third-order valence-corrected chi connectivity index (χ3v) is 2.61. The van der Waals surface area contributed by atoms with Crippen LogP contribution in [-0.2, 0) is 11.3 Å². The smallest absolute Gasteiger partial charge is 0.223 e. The van der Waals surface area contributed by atoms with Gasteiger partial charge in [0.2, 0.25) is 5.91 Å². The molecule has 1 rings (SSSR count). The second-order valence-corrected chi connectivity index (χ2v) is 4.28. The van der Waals surface area contributed by atoms with Gasteiger partial charge < -0.3 is 10.0 Å². The number of rotatable bonds is 4. The number of carbonyl (C=O) groups excluding carboxylic acids is 1. The number of alkyl halides is 1. The first-order valence-electron chi connectivity index (χ1n) is 4.82. The van der Waals surface area contributed by atoms with Crippen LogP contribution in [0, 0.1) is 0 Å². The van der Waals surface area contributed by atoms with E-state index in [9.17, 15) is 9.90 Å². The molecule has 0 aliphatic heterocycles. The molecule has 0 fully saturated rings. The molecule has 5 heteroatoms. The van der Waals surface area contributed by atoms with E-state index in [0.717, 1.165) is 0 Å². The molecule has 1 aromatic carbocycles. The Morgan fingerprint density at radius 1 is 1.50 bits per heavy atom. The highest BCUT2D eigenvalue weighted by molar-refractivity contribution is 6.30. The Kier molecular flexibility index (Phi) is 4.90. The second kappa shape index (κ2) is 5.97. The van der Waals surface area contributed by atoms with Crippen LogP contribution in [0.15, 0.2) is 18.2 Å². The Morgan fingerprint density at radius 3 is 2.81 bits per heavy atom. The Labute approximate surface area is 105 Å². The largest absolute Gasteiger partial charge is 0.508 e. The number of aromatic hydroxyl groups is 1. The number of phenolic OH excluding ortho intramolecular Hbond substituents is 1. The number of hydrogen-bond acceptors (Lipinski definition) is 2. The third-order valence-electron chi connectivity index (χ3n) is 2.18. The van der Waals surface area contributed by atoms with E-state index < -0.39 is 0 Å². The van der Waals surface area contributed by atoms with E-state index in [1.165, 1.54) is 11.0 Å². The summed E-state index contributed by atoms with van der Waals surface area (Å²) in [5.74, 6) is 0.370. The lowest BCUT2D eigenvalue weighted by atomic mass is 10.2. The fraction of sp³-hybridized carbons (Fsp3) is 0.364. The van der Waals surface area contributed by atoms with E-state index in [1.807, 2.05) is 0 Å². The minimum Gasteiger partial charge on any atom is -0.508 e.